The predicted molar refractivity (Wildman–Crippen MR) is 92.2 cm³/mol. The SMILES string of the molecule is COC(Cn1cc(CO)c(=O)c(OCc2ccccc2)c1C(=O)O)OC. The highest BCUT2D eigenvalue weighted by molar-refractivity contribution is 5.89. The Bertz CT molecular complexity index is 797. The minimum atomic E-state index is -1.33. The summed E-state index contributed by atoms with van der Waals surface area (Å²) in [4.78, 5) is 24.3. The molecule has 0 radical (unpaired) electrons. The second-order valence-electron chi connectivity index (χ2n) is 5.45. The molecule has 0 aliphatic carbocycles. The average molecular weight is 363 g/mol. The van der Waals surface area contributed by atoms with Crippen LogP contribution in [0.1, 0.15) is 21.6 Å². The number of hydrogen-bond acceptors (Lipinski definition) is 6. The van der Waals surface area contributed by atoms with Gasteiger partial charge >= 0.3 is 5.97 Å². The molecule has 0 unspecified atom stereocenters. The fourth-order valence-electron chi connectivity index (χ4n) is 2.44. The molecule has 0 fully saturated rings. The number of pyridine rings is 1. The Hall–Kier alpha value is -2.68. The van der Waals surface area contributed by atoms with E-state index in [1.165, 1.54) is 25.0 Å². The molecule has 0 spiro atoms. The van der Waals surface area contributed by atoms with Crippen molar-refractivity contribution in [1.29, 1.82) is 0 Å². The van der Waals surface area contributed by atoms with Gasteiger partial charge in [-0.1, -0.05) is 30.3 Å². The molecule has 0 saturated carbocycles. The fraction of sp³-hybridized carbons (Fsp3) is 0.333. The minimum Gasteiger partial charge on any atom is -0.482 e. The lowest BCUT2D eigenvalue weighted by molar-refractivity contribution is -0.111. The van der Waals surface area contributed by atoms with Gasteiger partial charge in [-0.2, -0.15) is 0 Å². The minimum absolute atomic E-state index is 0.00358. The molecule has 0 saturated heterocycles. The van der Waals surface area contributed by atoms with Gasteiger partial charge in [-0.25, -0.2) is 4.79 Å². The second-order valence-corrected chi connectivity index (χ2v) is 5.45. The Morgan fingerprint density at radius 1 is 1.19 bits per heavy atom. The lowest BCUT2D eigenvalue weighted by atomic mass is 10.2. The molecule has 0 aliphatic heterocycles. The summed E-state index contributed by atoms with van der Waals surface area (Å²) in [5.41, 5.74) is -0.203. The third-order valence-electron chi connectivity index (χ3n) is 3.78. The van der Waals surface area contributed by atoms with Crippen molar-refractivity contribution < 1.29 is 29.2 Å². The Morgan fingerprint density at radius 2 is 1.85 bits per heavy atom. The van der Waals surface area contributed by atoms with Gasteiger partial charge in [0.2, 0.25) is 5.43 Å². The number of carboxylic acid groups (broad SMARTS) is 1. The van der Waals surface area contributed by atoms with E-state index in [9.17, 15) is 19.8 Å². The van der Waals surface area contributed by atoms with E-state index in [2.05, 4.69) is 0 Å². The van der Waals surface area contributed by atoms with Crippen LogP contribution in [0.25, 0.3) is 0 Å². The molecule has 2 rings (SSSR count). The number of benzene rings is 1. The molecule has 2 aromatic rings. The highest BCUT2D eigenvalue weighted by Gasteiger charge is 2.24. The molecule has 1 aromatic heterocycles. The van der Waals surface area contributed by atoms with E-state index in [4.69, 9.17) is 14.2 Å². The van der Waals surface area contributed by atoms with E-state index in [-0.39, 0.29) is 30.2 Å². The number of carbonyl (C=O) groups is 1. The Morgan fingerprint density at radius 3 is 2.38 bits per heavy atom. The summed E-state index contributed by atoms with van der Waals surface area (Å²) in [6.07, 6.45) is 0.538. The number of methoxy groups -OCH3 is 2. The van der Waals surface area contributed by atoms with E-state index in [1.807, 2.05) is 6.07 Å². The molecule has 0 bridgehead atoms. The number of ether oxygens (including phenoxy) is 3. The summed E-state index contributed by atoms with van der Waals surface area (Å²) in [5, 5.41) is 19.1. The zero-order valence-electron chi connectivity index (χ0n) is 14.5. The fourth-order valence-corrected chi connectivity index (χ4v) is 2.44. The van der Waals surface area contributed by atoms with Crippen LogP contribution in [0.2, 0.25) is 0 Å². The van der Waals surface area contributed by atoms with Gasteiger partial charge in [-0.05, 0) is 5.56 Å². The molecule has 140 valence electrons. The second kappa shape index (κ2) is 9.14. The molecule has 26 heavy (non-hydrogen) atoms. The van der Waals surface area contributed by atoms with Gasteiger partial charge < -0.3 is 29.0 Å². The van der Waals surface area contributed by atoms with Crippen LogP contribution in [0.15, 0.2) is 41.3 Å². The van der Waals surface area contributed by atoms with Crippen molar-refractivity contribution in [2.45, 2.75) is 26.0 Å². The quantitative estimate of drug-likeness (QED) is 0.645. The lowest BCUT2D eigenvalue weighted by Crippen LogP contribution is -2.28. The topological polar surface area (TPSA) is 107 Å². The van der Waals surface area contributed by atoms with Gasteiger partial charge in [-0.3, -0.25) is 4.79 Å². The van der Waals surface area contributed by atoms with E-state index in [0.717, 1.165) is 5.56 Å². The molecule has 0 atom stereocenters. The Labute approximate surface area is 150 Å². The van der Waals surface area contributed by atoms with Crippen LogP contribution in [0.3, 0.4) is 0 Å². The smallest absolute Gasteiger partial charge is 0.356 e. The zero-order chi connectivity index (χ0) is 19.1. The summed E-state index contributed by atoms with van der Waals surface area (Å²) in [7, 11) is 2.83. The van der Waals surface area contributed by atoms with Crippen molar-refractivity contribution in [2.24, 2.45) is 0 Å². The molecular weight excluding hydrogens is 342 g/mol. The third-order valence-corrected chi connectivity index (χ3v) is 3.78. The summed E-state index contributed by atoms with van der Waals surface area (Å²) >= 11 is 0. The molecule has 0 aliphatic rings. The Kier molecular flexibility index (Phi) is 6.90. The number of aromatic carboxylic acids is 1. The van der Waals surface area contributed by atoms with Crippen molar-refractivity contribution in [3.8, 4) is 5.75 Å². The molecular formula is C18H21NO7. The number of rotatable bonds is 9. The number of aliphatic hydroxyl groups excluding tert-OH is 1. The maximum absolute atomic E-state index is 12.5. The summed E-state index contributed by atoms with van der Waals surface area (Å²) < 4.78 is 17.0. The largest absolute Gasteiger partial charge is 0.482 e. The van der Waals surface area contributed by atoms with Gasteiger partial charge in [0, 0.05) is 26.0 Å². The van der Waals surface area contributed by atoms with Crippen LogP contribution in [0, 0.1) is 0 Å². The van der Waals surface area contributed by atoms with Crippen LogP contribution in [0.4, 0.5) is 0 Å². The number of aromatic nitrogens is 1. The normalized spacial score (nSPS) is 10.9. The van der Waals surface area contributed by atoms with Crippen molar-refractivity contribution in [3.05, 3.63) is 63.6 Å². The lowest BCUT2D eigenvalue weighted by Gasteiger charge is -2.20. The predicted octanol–water partition coefficient (Wildman–Crippen LogP) is 1.24. The Balaban J connectivity index is 2.49. The zero-order valence-corrected chi connectivity index (χ0v) is 14.5. The standard InChI is InChI=1S/C18H21NO7/c1-24-14(25-2)9-19-8-13(10-20)16(21)17(15(19)18(22)23)26-11-12-6-4-3-5-7-12/h3-8,14,20H,9-11H2,1-2H3,(H,22,23). The van der Waals surface area contributed by atoms with Crippen molar-refractivity contribution in [1.82, 2.24) is 4.57 Å². The maximum Gasteiger partial charge on any atom is 0.356 e. The molecule has 8 heteroatoms. The summed E-state index contributed by atoms with van der Waals surface area (Å²) in [5.74, 6) is -1.67. The van der Waals surface area contributed by atoms with E-state index in [0.29, 0.717) is 0 Å². The average Bonchev–Trinajstić information content (AvgIpc) is 2.66. The number of hydrogen-bond donors (Lipinski definition) is 2. The van der Waals surface area contributed by atoms with Gasteiger partial charge in [0.05, 0.1) is 13.2 Å². The van der Waals surface area contributed by atoms with Gasteiger partial charge in [0.25, 0.3) is 0 Å². The maximum atomic E-state index is 12.5. The highest BCUT2D eigenvalue weighted by Crippen LogP contribution is 2.18. The molecule has 1 aromatic carbocycles. The first kappa shape index (κ1) is 19.6. The summed E-state index contributed by atoms with van der Waals surface area (Å²) in [6, 6.07) is 9.03. The third kappa shape index (κ3) is 4.48. The number of aliphatic hydroxyl groups is 1. The first-order valence-corrected chi connectivity index (χ1v) is 7.84. The first-order valence-electron chi connectivity index (χ1n) is 7.84. The van der Waals surface area contributed by atoms with Crippen LogP contribution in [0.5, 0.6) is 5.75 Å². The van der Waals surface area contributed by atoms with Crippen molar-refractivity contribution >= 4 is 5.97 Å². The van der Waals surface area contributed by atoms with Gasteiger partial charge in [0.15, 0.2) is 17.7 Å². The van der Waals surface area contributed by atoms with Crippen LogP contribution < -0.4 is 10.2 Å². The molecule has 0 amide bonds. The van der Waals surface area contributed by atoms with E-state index >= 15 is 0 Å². The molecule has 2 N–H and O–H groups in total. The monoisotopic (exact) mass is 363 g/mol. The van der Waals surface area contributed by atoms with E-state index in [1.54, 1.807) is 24.3 Å². The molecule has 1 heterocycles. The number of carboxylic acids is 1. The van der Waals surface area contributed by atoms with Crippen molar-refractivity contribution in [3.63, 3.8) is 0 Å². The van der Waals surface area contributed by atoms with Crippen LogP contribution in [-0.4, -0.2) is 41.3 Å². The highest BCUT2D eigenvalue weighted by atomic mass is 16.7. The van der Waals surface area contributed by atoms with Crippen molar-refractivity contribution in [2.75, 3.05) is 14.2 Å². The summed E-state index contributed by atoms with van der Waals surface area (Å²) in [6.45, 7) is -0.530. The van der Waals surface area contributed by atoms with E-state index < -0.39 is 24.3 Å². The first-order chi connectivity index (χ1) is 12.5. The van der Waals surface area contributed by atoms with Gasteiger partial charge in [-0.15, -0.1) is 0 Å². The van der Waals surface area contributed by atoms with Crippen LogP contribution in [-0.2, 0) is 29.2 Å². The molecule has 8 nitrogen and oxygen atoms in total. The number of nitrogens with zero attached hydrogens (tertiary/aromatic N) is 1. The van der Waals surface area contributed by atoms with Crippen LogP contribution >= 0.6 is 0 Å². The van der Waals surface area contributed by atoms with Gasteiger partial charge in [0.1, 0.15) is 6.61 Å².